The number of carbonyl (C=O) groups is 1. The van der Waals surface area contributed by atoms with Crippen LogP contribution >= 0.6 is 15.9 Å². The zero-order chi connectivity index (χ0) is 17.2. The second-order valence-corrected chi connectivity index (χ2v) is 7.17. The first kappa shape index (κ1) is 16.1. The predicted molar refractivity (Wildman–Crippen MR) is 102 cm³/mol. The minimum atomic E-state index is -0.170. The van der Waals surface area contributed by atoms with Crippen molar-refractivity contribution in [3.8, 4) is 11.1 Å². The summed E-state index contributed by atoms with van der Waals surface area (Å²) in [6.45, 7) is 0. The molecule has 2 atom stereocenters. The van der Waals surface area contributed by atoms with E-state index in [9.17, 15) is 4.79 Å². The molecule has 2 nitrogen and oxygen atoms in total. The van der Waals surface area contributed by atoms with Gasteiger partial charge in [0.1, 0.15) is 6.10 Å². The van der Waals surface area contributed by atoms with Crippen LogP contribution in [0.3, 0.4) is 0 Å². The molecule has 0 N–H and O–H groups in total. The van der Waals surface area contributed by atoms with Crippen molar-refractivity contribution in [1.29, 1.82) is 0 Å². The average Bonchev–Trinajstić information content (AvgIpc) is 3.05. The van der Waals surface area contributed by atoms with Crippen molar-refractivity contribution in [2.24, 2.45) is 0 Å². The van der Waals surface area contributed by atoms with E-state index in [-0.39, 0.29) is 18.0 Å². The summed E-state index contributed by atoms with van der Waals surface area (Å²) in [5.74, 6) is -0.300. The van der Waals surface area contributed by atoms with Crippen LogP contribution in [-0.2, 0) is 9.53 Å². The Morgan fingerprint density at radius 1 is 0.760 bits per heavy atom. The maximum absolute atomic E-state index is 12.3. The van der Waals surface area contributed by atoms with E-state index in [1.165, 1.54) is 5.56 Å². The van der Waals surface area contributed by atoms with E-state index in [0.717, 1.165) is 21.2 Å². The maximum atomic E-state index is 12.3. The van der Waals surface area contributed by atoms with Crippen LogP contribution in [0.5, 0.6) is 0 Å². The van der Waals surface area contributed by atoms with Crippen molar-refractivity contribution >= 4 is 21.9 Å². The smallest absolute Gasteiger partial charge is 0.314 e. The van der Waals surface area contributed by atoms with Crippen molar-refractivity contribution in [1.82, 2.24) is 0 Å². The third-order valence-electron chi connectivity index (χ3n) is 4.65. The number of hydrogen-bond acceptors (Lipinski definition) is 2. The first-order valence-electron chi connectivity index (χ1n) is 8.32. The highest BCUT2D eigenvalue weighted by molar-refractivity contribution is 9.10. The average molecular weight is 393 g/mol. The lowest BCUT2D eigenvalue weighted by Gasteiger charge is -2.10. The second-order valence-electron chi connectivity index (χ2n) is 6.25. The standard InChI is InChI=1S/C22H17BrO2/c23-19-12-10-16(11-13-19)15-6-8-18(9-7-15)21-14-20(22(24)25-21)17-4-2-1-3-5-17/h1-13,20-21H,14H2. The summed E-state index contributed by atoms with van der Waals surface area (Å²) < 4.78 is 6.70. The van der Waals surface area contributed by atoms with E-state index in [1.54, 1.807) is 0 Å². The fraction of sp³-hybridized carbons (Fsp3) is 0.136. The maximum Gasteiger partial charge on any atom is 0.314 e. The number of esters is 1. The number of cyclic esters (lactones) is 1. The van der Waals surface area contributed by atoms with Crippen LogP contribution in [0, 0.1) is 0 Å². The third-order valence-corrected chi connectivity index (χ3v) is 5.18. The topological polar surface area (TPSA) is 26.3 Å². The molecule has 1 aliphatic heterocycles. The molecule has 3 aromatic carbocycles. The van der Waals surface area contributed by atoms with Crippen molar-refractivity contribution in [2.45, 2.75) is 18.4 Å². The van der Waals surface area contributed by atoms with E-state index in [0.29, 0.717) is 6.42 Å². The van der Waals surface area contributed by atoms with Gasteiger partial charge >= 0.3 is 5.97 Å². The van der Waals surface area contributed by atoms with Gasteiger partial charge in [-0.1, -0.05) is 82.7 Å². The Morgan fingerprint density at radius 3 is 2.00 bits per heavy atom. The van der Waals surface area contributed by atoms with Gasteiger partial charge in [-0.25, -0.2) is 0 Å². The minimum Gasteiger partial charge on any atom is -0.457 e. The molecule has 3 aromatic rings. The summed E-state index contributed by atoms with van der Waals surface area (Å²) in [5.41, 5.74) is 4.40. The molecule has 0 radical (unpaired) electrons. The second kappa shape index (κ2) is 6.85. The quantitative estimate of drug-likeness (QED) is 0.519. The molecule has 0 bridgehead atoms. The molecule has 0 spiro atoms. The molecule has 1 aliphatic rings. The van der Waals surface area contributed by atoms with Crippen LogP contribution in [0.4, 0.5) is 0 Å². The highest BCUT2D eigenvalue weighted by Crippen LogP contribution is 2.39. The van der Waals surface area contributed by atoms with Crippen LogP contribution in [0.25, 0.3) is 11.1 Å². The molecule has 3 heteroatoms. The summed E-state index contributed by atoms with van der Waals surface area (Å²) in [4.78, 5) is 12.3. The Labute approximate surface area is 155 Å². The van der Waals surface area contributed by atoms with Gasteiger partial charge in [-0.2, -0.15) is 0 Å². The normalized spacial score (nSPS) is 19.6. The van der Waals surface area contributed by atoms with E-state index in [2.05, 4.69) is 52.3 Å². The molecule has 25 heavy (non-hydrogen) atoms. The molecule has 1 fully saturated rings. The van der Waals surface area contributed by atoms with E-state index in [4.69, 9.17) is 4.74 Å². The summed E-state index contributed by atoms with van der Waals surface area (Å²) in [6.07, 6.45) is 0.525. The van der Waals surface area contributed by atoms with Gasteiger partial charge in [0.15, 0.2) is 0 Å². The Morgan fingerprint density at radius 2 is 1.36 bits per heavy atom. The first-order valence-corrected chi connectivity index (χ1v) is 9.11. The Balaban J connectivity index is 1.53. The monoisotopic (exact) mass is 392 g/mol. The molecular formula is C22H17BrO2. The minimum absolute atomic E-state index is 0.131. The number of rotatable bonds is 3. The Bertz CT molecular complexity index is 870. The zero-order valence-electron chi connectivity index (χ0n) is 13.6. The van der Waals surface area contributed by atoms with Crippen LogP contribution < -0.4 is 0 Å². The van der Waals surface area contributed by atoms with Crippen molar-refractivity contribution in [3.05, 3.63) is 94.5 Å². The molecule has 2 unspecified atom stereocenters. The lowest BCUT2D eigenvalue weighted by Crippen LogP contribution is -2.04. The fourth-order valence-electron chi connectivity index (χ4n) is 3.27. The van der Waals surface area contributed by atoms with Crippen LogP contribution in [0.1, 0.15) is 29.6 Å². The van der Waals surface area contributed by atoms with E-state index in [1.807, 2.05) is 42.5 Å². The highest BCUT2D eigenvalue weighted by Gasteiger charge is 2.36. The van der Waals surface area contributed by atoms with Gasteiger partial charge in [0.05, 0.1) is 5.92 Å². The fourth-order valence-corrected chi connectivity index (χ4v) is 3.54. The van der Waals surface area contributed by atoms with Gasteiger partial charge in [0, 0.05) is 10.9 Å². The molecule has 0 aliphatic carbocycles. The Hall–Kier alpha value is -2.39. The predicted octanol–water partition coefficient (Wildman–Crippen LogP) is 5.89. The SMILES string of the molecule is O=C1OC(c2ccc(-c3ccc(Br)cc3)cc2)CC1c1ccccc1. The molecule has 0 aromatic heterocycles. The number of carbonyl (C=O) groups excluding carboxylic acids is 1. The summed E-state index contributed by atoms with van der Waals surface area (Å²) >= 11 is 3.46. The van der Waals surface area contributed by atoms with Crippen molar-refractivity contribution in [2.75, 3.05) is 0 Å². The van der Waals surface area contributed by atoms with Gasteiger partial charge in [0.25, 0.3) is 0 Å². The summed E-state index contributed by atoms with van der Waals surface area (Å²) in [5, 5.41) is 0. The highest BCUT2D eigenvalue weighted by atomic mass is 79.9. The van der Waals surface area contributed by atoms with Gasteiger partial charge in [-0.05, 0) is 34.4 Å². The van der Waals surface area contributed by atoms with Crippen LogP contribution in [0.15, 0.2) is 83.3 Å². The molecule has 4 rings (SSSR count). The lowest BCUT2D eigenvalue weighted by atomic mass is 9.93. The summed E-state index contributed by atoms with van der Waals surface area (Å²) in [6, 6.07) is 26.4. The Kier molecular flexibility index (Phi) is 4.41. The third kappa shape index (κ3) is 3.38. The van der Waals surface area contributed by atoms with Gasteiger partial charge in [-0.15, -0.1) is 0 Å². The van der Waals surface area contributed by atoms with Crippen LogP contribution in [-0.4, -0.2) is 5.97 Å². The van der Waals surface area contributed by atoms with E-state index >= 15 is 0 Å². The van der Waals surface area contributed by atoms with Crippen molar-refractivity contribution in [3.63, 3.8) is 0 Å². The molecule has 0 saturated carbocycles. The molecule has 1 heterocycles. The number of hydrogen-bond donors (Lipinski definition) is 0. The van der Waals surface area contributed by atoms with Gasteiger partial charge in [-0.3, -0.25) is 4.79 Å². The number of halogens is 1. The molecular weight excluding hydrogens is 376 g/mol. The molecule has 1 saturated heterocycles. The van der Waals surface area contributed by atoms with Gasteiger partial charge < -0.3 is 4.74 Å². The van der Waals surface area contributed by atoms with Crippen molar-refractivity contribution < 1.29 is 9.53 Å². The first-order chi connectivity index (χ1) is 12.2. The number of benzene rings is 3. The van der Waals surface area contributed by atoms with Crippen LogP contribution in [0.2, 0.25) is 0 Å². The summed E-state index contributed by atoms with van der Waals surface area (Å²) in [7, 11) is 0. The zero-order valence-corrected chi connectivity index (χ0v) is 15.1. The largest absolute Gasteiger partial charge is 0.457 e. The van der Waals surface area contributed by atoms with Gasteiger partial charge in [0.2, 0.25) is 0 Å². The number of ether oxygens (including phenoxy) is 1. The van der Waals surface area contributed by atoms with E-state index < -0.39 is 0 Å². The lowest BCUT2D eigenvalue weighted by molar-refractivity contribution is -0.142. The molecule has 124 valence electrons. The molecule has 0 amide bonds.